The molecule has 0 radical (unpaired) electrons. The van der Waals surface area contributed by atoms with Crippen LogP contribution in [0.1, 0.15) is 29.5 Å². The molecule has 2 aromatic rings. The molecule has 0 aliphatic heterocycles. The Bertz CT molecular complexity index is 466. The molecule has 0 aliphatic rings. The van der Waals surface area contributed by atoms with Gasteiger partial charge in [0.25, 0.3) is 0 Å². The van der Waals surface area contributed by atoms with Crippen LogP contribution in [0, 0.1) is 6.92 Å². The first kappa shape index (κ1) is 16.4. The zero-order chi connectivity index (χ0) is 14.6. The molecule has 0 saturated heterocycles. The van der Waals surface area contributed by atoms with Crippen LogP contribution in [0.3, 0.4) is 0 Å². The SMILES string of the molecule is Cc1cccc(CN)c1.NCCCCc1ccccc1. The minimum absolute atomic E-state index is 0.641. The molecule has 0 bridgehead atoms. The molecule has 2 heteroatoms. The lowest BCUT2D eigenvalue weighted by Crippen LogP contribution is -1.98. The molecular formula is C18H26N2. The number of nitrogens with two attached hydrogens (primary N) is 2. The molecule has 108 valence electrons. The van der Waals surface area contributed by atoms with E-state index >= 15 is 0 Å². The van der Waals surface area contributed by atoms with Crippen LogP contribution in [0.15, 0.2) is 54.6 Å². The molecule has 0 heterocycles. The Morgan fingerprint density at radius 2 is 1.50 bits per heavy atom. The van der Waals surface area contributed by atoms with Crippen LogP contribution in [0.25, 0.3) is 0 Å². The van der Waals surface area contributed by atoms with Crippen molar-refractivity contribution in [2.75, 3.05) is 6.54 Å². The smallest absolute Gasteiger partial charge is 0.0178 e. The Kier molecular flexibility index (Phi) is 8.36. The van der Waals surface area contributed by atoms with Crippen molar-refractivity contribution in [3.63, 3.8) is 0 Å². The fourth-order valence-electron chi connectivity index (χ4n) is 1.96. The second-order valence-corrected chi connectivity index (χ2v) is 4.92. The zero-order valence-corrected chi connectivity index (χ0v) is 12.4. The lowest BCUT2D eigenvalue weighted by Gasteiger charge is -1.98. The zero-order valence-electron chi connectivity index (χ0n) is 12.4. The molecule has 2 aromatic carbocycles. The van der Waals surface area contributed by atoms with Crippen molar-refractivity contribution in [3.8, 4) is 0 Å². The maximum Gasteiger partial charge on any atom is 0.0178 e. The lowest BCUT2D eigenvalue weighted by molar-refractivity contribution is 0.745. The molecular weight excluding hydrogens is 244 g/mol. The highest BCUT2D eigenvalue weighted by Crippen LogP contribution is 2.03. The number of aryl methyl sites for hydroxylation is 2. The van der Waals surface area contributed by atoms with Crippen molar-refractivity contribution in [1.29, 1.82) is 0 Å². The lowest BCUT2D eigenvalue weighted by atomic mass is 10.1. The minimum atomic E-state index is 0.641. The summed E-state index contributed by atoms with van der Waals surface area (Å²) < 4.78 is 0. The van der Waals surface area contributed by atoms with E-state index in [-0.39, 0.29) is 0 Å². The molecule has 0 saturated carbocycles. The second-order valence-electron chi connectivity index (χ2n) is 4.92. The van der Waals surface area contributed by atoms with Gasteiger partial charge in [-0.05, 0) is 43.9 Å². The van der Waals surface area contributed by atoms with Crippen molar-refractivity contribution in [2.45, 2.75) is 32.7 Å². The fraction of sp³-hybridized carbons (Fsp3) is 0.333. The normalized spacial score (nSPS) is 9.75. The van der Waals surface area contributed by atoms with E-state index in [0.717, 1.165) is 19.4 Å². The van der Waals surface area contributed by atoms with Gasteiger partial charge in [0.2, 0.25) is 0 Å². The molecule has 0 fully saturated rings. The van der Waals surface area contributed by atoms with E-state index in [1.165, 1.54) is 23.1 Å². The summed E-state index contributed by atoms with van der Waals surface area (Å²) in [5.74, 6) is 0. The van der Waals surface area contributed by atoms with Gasteiger partial charge in [0.15, 0.2) is 0 Å². The Morgan fingerprint density at radius 1 is 0.800 bits per heavy atom. The Hall–Kier alpha value is -1.64. The summed E-state index contributed by atoms with van der Waals surface area (Å²) in [6, 6.07) is 18.8. The molecule has 0 aromatic heterocycles. The van der Waals surface area contributed by atoms with Gasteiger partial charge >= 0.3 is 0 Å². The average Bonchev–Trinajstić information content (AvgIpc) is 2.49. The van der Waals surface area contributed by atoms with Gasteiger partial charge in [-0.3, -0.25) is 0 Å². The molecule has 0 amide bonds. The molecule has 0 spiro atoms. The van der Waals surface area contributed by atoms with Crippen LogP contribution < -0.4 is 11.5 Å². The summed E-state index contributed by atoms with van der Waals surface area (Å²) >= 11 is 0. The van der Waals surface area contributed by atoms with E-state index in [4.69, 9.17) is 11.5 Å². The topological polar surface area (TPSA) is 52.0 Å². The van der Waals surface area contributed by atoms with Gasteiger partial charge in [-0.15, -0.1) is 0 Å². The molecule has 4 N–H and O–H groups in total. The minimum Gasteiger partial charge on any atom is -0.330 e. The third-order valence-corrected chi connectivity index (χ3v) is 3.08. The quantitative estimate of drug-likeness (QED) is 0.818. The summed E-state index contributed by atoms with van der Waals surface area (Å²) in [6.45, 7) is 3.52. The molecule has 2 rings (SSSR count). The number of unbranched alkanes of at least 4 members (excludes halogenated alkanes) is 1. The molecule has 0 aliphatic carbocycles. The maximum atomic E-state index is 5.42. The van der Waals surface area contributed by atoms with Crippen LogP contribution in [0.4, 0.5) is 0 Å². The number of rotatable bonds is 5. The van der Waals surface area contributed by atoms with Crippen LogP contribution in [-0.4, -0.2) is 6.54 Å². The Labute approximate surface area is 122 Å². The van der Waals surface area contributed by atoms with Gasteiger partial charge in [0.1, 0.15) is 0 Å². The second kappa shape index (κ2) is 10.2. The fourth-order valence-corrected chi connectivity index (χ4v) is 1.96. The third-order valence-electron chi connectivity index (χ3n) is 3.08. The highest BCUT2D eigenvalue weighted by atomic mass is 14.5. The van der Waals surface area contributed by atoms with Gasteiger partial charge in [-0.1, -0.05) is 60.2 Å². The van der Waals surface area contributed by atoms with Crippen molar-refractivity contribution in [3.05, 3.63) is 71.3 Å². The maximum absolute atomic E-state index is 5.42. The molecule has 20 heavy (non-hydrogen) atoms. The van der Waals surface area contributed by atoms with E-state index in [1.807, 2.05) is 18.2 Å². The summed E-state index contributed by atoms with van der Waals surface area (Å²) in [5, 5.41) is 0. The molecule has 2 nitrogen and oxygen atoms in total. The first-order valence-corrected chi connectivity index (χ1v) is 7.26. The number of hydrogen-bond acceptors (Lipinski definition) is 2. The van der Waals surface area contributed by atoms with E-state index in [1.54, 1.807) is 0 Å². The van der Waals surface area contributed by atoms with E-state index in [0.29, 0.717) is 6.54 Å². The standard InChI is InChI=1S/C10H15N.C8H11N/c11-9-5-4-8-10-6-2-1-3-7-10;1-7-3-2-4-8(5-7)6-9/h1-3,6-7H,4-5,8-9,11H2;2-5H,6,9H2,1H3. The summed E-state index contributed by atoms with van der Waals surface area (Å²) in [7, 11) is 0. The summed E-state index contributed by atoms with van der Waals surface area (Å²) in [6.07, 6.45) is 3.51. The van der Waals surface area contributed by atoms with Gasteiger partial charge in [-0.25, -0.2) is 0 Å². The average molecular weight is 270 g/mol. The van der Waals surface area contributed by atoms with Crippen LogP contribution in [0.5, 0.6) is 0 Å². The third kappa shape index (κ3) is 7.07. The highest BCUT2D eigenvalue weighted by Gasteiger charge is 1.89. The van der Waals surface area contributed by atoms with Gasteiger partial charge in [0, 0.05) is 6.54 Å². The highest BCUT2D eigenvalue weighted by molar-refractivity contribution is 5.21. The number of hydrogen-bond donors (Lipinski definition) is 2. The first-order valence-electron chi connectivity index (χ1n) is 7.26. The monoisotopic (exact) mass is 270 g/mol. The summed E-state index contributed by atoms with van der Waals surface area (Å²) in [4.78, 5) is 0. The van der Waals surface area contributed by atoms with Crippen molar-refractivity contribution < 1.29 is 0 Å². The predicted octanol–water partition coefficient (Wildman–Crippen LogP) is 3.42. The van der Waals surface area contributed by atoms with E-state index in [2.05, 4.69) is 43.3 Å². The largest absolute Gasteiger partial charge is 0.330 e. The van der Waals surface area contributed by atoms with Crippen LogP contribution >= 0.6 is 0 Å². The Balaban J connectivity index is 0.000000204. The number of benzene rings is 2. The first-order chi connectivity index (χ1) is 9.76. The molecule has 0 atom stereocenters. The predicted molar refractivity (Wildman–Crippen MR) is 87.5 cm³/mol. The van der Waals surface area contributed by atoms with Gasteiger partial charge < -0.3 is 11.5 Å². The summed E-state index contributed by atoms with van der Waals surface area (Å²) in [5.41, 5.74) is 14.7. The van der Waals surface area contributed by atoms with Gasteiger partial charge in [-0.2, -0.15) is 0 Å². The van der Waals surface area contributed by atoms with Crippen molar-refractivity contribution in [2.24, 2.45) is 11.5 Å². The molecule has 0 unspecified atom stereocenters. The van der Waals surface area contributed by atoms with Crippen LogP contribution in [0.2, 0.25) is 0 Å². The van der Waals surface area contributed by atoms with Crippen molar-refractivity contribution >= 4 is 0 Å². The van der Waals surface area contributed by atoms with E-state index in [9.17, 15) is 0 Å². The van der Waals surface area contributed by atoms with Crippen molar-refractivity contribution in [1.82, 2.24) is 0 Å². The van der Waals surface area contributed by atoms with Gasteiger partial charge in [0.05, 0.1) is 0 Å². The van der Waals surface area contributed by atoms with E-state index < -0.39 is 0 Å². The van der Waals surface area contributed by atoms with Crippen LogP contribution in [-0.2, 0) is 13.0 Å². The Morgan fingerprint density at radius 3 is 2.05 bits per heavy atom.